The number of hydrogen-bond donors (Lipinski definition) is 2. The highest BCUT2D eigenvalue weighted by molar-refractivity contribution is 7.98. The summed E-state index contributed by atoms with van der Waals surface area (Å²) in [4.78, 5) is 24.7. The number of nitrogens with one attached hydrogen (secondary N) is 2. The van der Waals surface area contributed by atoms with Crippen molar-refractivity contribution in [1.29, 1.82) is 0 Å². The number of carbonyl (C=O) groups is 2. The van der Waals surface area contributed by atoms with Gasteiger partial charge in [0.15, 0.2) is 0 Å². The molecule has 2 N–H and O–H groups in total. The molecular formula is C16H16N2O2S. The van der Waals surface area contributed by atoms with Gasteiger partial charge < -0.3 is 10.6 Å². The number of carbonyl (C=O) groups excluding carboxylic acids is 2. The summed E-state index contributed by atoms with van der Waals surface area (Å²) >= 11 is 1.64. The lowest BCUT2D eigenvalue weighted by Crippen LogP contribution is -2.32. The molecule has 4 nitrogen and oxygen atoms in total. The molecule has 2 amide bonds. The Morgan fingerprint density at radius 2 is 1.67 bits per heavy atom. The molecule has 0 spiro atoms. The van der Waals surface area contributed by atoms with Crippen LogP contribution in [0.15, 0.2) is 59.5 Å². The number of anilines is 1. The van der Waals surface area contributed by atoms with Crippen LogP contribution < -0.4 is 10.6 Å². The molecule has 0 fully saturated rings. The standard InChI is InChI=1S/C16H16N2O2S/c1-21-14-9-7-13(8-10-14)18-15(19)11-17-16(20)12-5-3-2-4-6-12/h2-10H,11H2,1H3,(H,17,20)(H,18,19). The van der Waals surface area contributed by atoms with Crippen molar-refractivity contribution in [3.63, 3.8) is 0 Å². The zero-order valence-electron chi connectivity index (χ0n) is 11.6. The van der Waals surface area contributed by atoms with Crippen molar-refractivity contribution in [1.82, 2.24) is 5.32 Å². The second-order valence-electron chi connectivity index (χ2n) is 4.33. The summed E-state index contributed by atoms with van der Waals surface area (Å²) in [5, 5.41) is 5.32. The van der Waals surface area contributed by atoms with Crippen LogP contribution in [0.25, 0.3) is 0 Å². The Labute approximate surface area is 127 Å². The van der Waals surface area contributed by atoms with Crippen molar-refractivity contribution in [2.24, 2.45) is 0 Å². The Bertz CT molecular complexity index is 612. The molecule has 0 aliphatic rings. The highest BCUT2D eigenvalue weighted by atomic mass is 32.2. The maximum absolute atomic E-state index is 11.8. The SMILES string of the molecule is CSc1ccc(NC(=O)CNC(=O)c2ccccc2)cc1. The number of rotatable bonds is 5. The topological polar surface area (TPSA) is 58.2 Å². The molecule has 0 aliphatic carbocycles. The van der Waals surface area contributed by atoms with Gasteiger partial charge >= 0.3 is 0 Å². The first-order chi connectivity index (χ1) is 10.2. The number of hydrogen-bond acceptors (Lipinski definition) is 3. The third-order valence-electron chi connectivity index (χ3n) is 2.82. The average molecular weight is 300 g/mol. The van der Waals surface area contributed by atoms with Crippen LogP contribution in [-0.2, 0) is 4.79 Å². The lowest BCUT2D eigenvalue weighted by Gasteiger charge is -2.07. The van der Waals surface area contributed by atoms with E-state index in [-0.39, 0.29) is 18.4 Å². The van der Waals surface area contributed by atoms with Crippen molar-refractivity contribution in [2.75, 3.05) is 18.1 Å². The van der Waals surface area contributed by atoms with Crippen molar-refractivity contribution in [2.45, 2.75) is 4.90 Å². The van der Waals surface area contributed by atoms with Gasteiger partial charge in [0.05, 0.1) is 6.54 Å². The molecule has 0 aromatic heterocycles. The summed E-state index contributed by atoms with van der Waals surface area (Å²) in [5.74, 6) is -0.514. The van der Waals surface area contributed by atoms with Crippen LogP contribution in [0.1, 0.15) is 10.4 Å². The fourth-order valence-corrected chi connectivity index (χ4v) is 2.14. The van der Waals surface area contributed by atoms with Crippen molar-refractivity contribution >= 4 is 29.3 Å². The summed E-state index contributed by atoms with van der Waals surface area (Å²) in [5.41, 5.74) is 1.25. The highest BCUT2D eigenvalue weighted by Gasteiger charge is 2.07. The normalized spacial score (nSPS) is 9.95. The van der Waals surface area contributed by atoms with E-state index in [0.717, 1.165) is 4.90 Å². The number of thioether (sulfide) groups is 1. The van der Waals surface area contributed by atoms with Gasteiger partial charge in [-0.15, -0.1) is 11.8 Å². The lowest BCUT2D eigenvalue weighted by molar-refractivity contribution is -0.115. The number of benzene rings is 2. The van der Waals surface area contributed by atoms with Gasteiger partial charge in [0.2, 0.25) is 5.91 Å². The predicted octanol–water partition coefficient (Wildman–Crippen LogP) is 2.78. The van der Waals surface area contributed by atoms with Crippen LogP contribution in [-0.4, -0.2) is 24.6 Å². The van der Waals surface area contributed by atoms with E-state index in [9.17, 15) is 9.59 Å². The van der Waals surface area contributed by atoms with E-state index in [2.05, 4.69) is 10.6 Å². The van der Waals surface area contributed by atoms with Crippen LogP contribution in [0, 0.1) is 0 Å². The van der Waals surface area contributed by atoms with Crippen LogP contribution in [0.4, 0.5) is 5.69 Å². The maximum atomic E-state index is 11.8. The minimum absolute atomic E-state index is 0.0575. The second-order valence-corrected chi connectivity index (χ2v) is 5.21. The van der Waals surface area contributed by atoms with Gasteiger partial charge in [-0.3, -0.25) is 9.59 Å². The highest BCUT2D eigenvalue weighted by Crippen LogP contribution is 2.17. The molecular weight excluding hydrogens is 284 g/mol. The second kappa shape index (κ2) is 7.50. The summed E-state index contributed by atoms with van der Waals surface area (Å²) in [6.07, 6.45) is 1.99. The first-order valence-corrected chi connectivity index (χ1v) is 7.68. The zero-order valence-corrected chi connectivity index (χ0v) is 12.4. The minimum Gasteiger partial charge on any atom is -0.343 e. The van der Waals surface area contributed by atoms with E-state index in [0.29, 0.717) is 11.3 Å². The van der Waals surface area contributed by atoms with Crippen LogP contribution in [0.5, 0.6) is 0 Å². The summed E-state index contributed by atoms with van der Waals surface area (Å²) in [6.45, 7) is -0.0575. The lowest BCUT2D eigenvalue weighted by atomic mass is 10.2. The third kappa shape index (κ3) is 4.65. The monoisotopic (exact) mass is 300 g/mol. The summed E-state index contributed by atoms with van der Waals surface area (Å²) in [7, 11) is 0. The molecule has 0 radical (unpaired) electrons. The van der Waals surface area contributed by atoms with Gasteiger partial charge in [-0.1, -0.05) is 18.2 Å². The van der Waals surface area contributed by atoms with E-state index in [1.54, 1.807) is 36.0 Å². The Kier molecular flexibility index (Phi) is 5.40. The third-order valence-corrected chi connectivity index (χ3v) is 3.56. The molecule has 2 rings (SSSR count). The quantitative estimate of drug-likeness (QED) is 0.835. The molecule has 5 heteroatoms. The average Bonchev–Trinajstić information content (AvgIpc) is 2.54. The molecule has 0 saturated heterocycles. The fraction of sp³-hybridized carbons (Fsp3) is 0.125. The van der Waals surface area contributed by atoms with Gasteiger partial charge in [-0.2, -0.15) is 0 Å². The fourth-order valence-electron chi connectivity index (χ4n) is 1.73. The smallest absolute Gasteiger partial charge is 0.251 e. The molecule has 21 heavy (non-hydrogen) atoms. The van der Waals surface area contributed by atoms with E-state index in [1.807, 2.05) is 36.6 Å². The Morgan fingerprint density at radius 3 is 2.29 bits per heavy atom. The molecule has 2 aromatic carbocycles. The van der Waals surface area contributed by atoms with Gasteiger partial charge in [0.25, 0.3) is 5.91 Å². The van der Waals surface area contributed by atoms with Gasteiger partial charge in [0, 0.05) is 16.1 Å². The van der Waals surface area contributed by atoms with Gasteiger partial charge in [0.1, 0.15) is 0 Å². The first kappa shape index (κ1) is 15.1. The summed E-state index contributed by atoms with van der Waals surface area (Å²) in [6, 6.07) is 16.3. The Morgan fingerprint density at radius 1 is 1.00 bits per heavy atom. The minimum atomic E-state index is -0.261. The largest absolute Gasteiger partial charge is 0.343 e. The molecule has 0 heterocycles. The molecule has 0 aliphatic heterocycles. The van der Waals surface area contributed by atoms with Crippen LogP contribution in [0.3, 0.4) is 0 Å². The van der Waals surface area contributed by atoms with E-state index < -0.39 is 0 Å². The number of amides is 2. The molecule has 2 aromatic rings. The van der Waals surface area contributed by atoms with Crippen LogP contribution >= 0.6 is 11.8 Å². The Balaban J connectivity index is 1.83. The predicted molar refractivity (Wildman–Crippen MR) is 85.6 cm³/mol. The van der Waals surface area contributed by atoms with Crippen molar-refractivity contribution in [3.8, 4) is 0 Å². The van der Waals surface area contributed by atoms with Gasteiger partial charge in [-0.25, -0.2) is 0 Å². The maximum Gasteiger partial charge on any atom is 0.251 e. The Hall–Kier alpha value is -2.27. The summed E-state index contributed by atoms with van der Waals surface area (Å²) < 4.78 is 0. The zero-order chi connectivity index (χ0) is 15.1. The van der Waals surface area contributed by atoms with Crippen molar-refractivity contribution in [3.05, 3.63) is 60.2 Å². The molecule has 0 saturated carbocycles. The molecule has 0 bridgehead atoms. The first-order valence-electron chi connectivity index (χ1n) is 6.46. The van der Waals surface area contributed by atoms with Gasteiger partial charge in [-0.05, 0) is 42.7 Å². The van der Waals surface area contributed by atoms with E-state index >= 15 is 0 Å². The van der Waals surface area contributed by atoms with Crippen LogP contribution in [0.2, 0.25) is 0 Å². The molecule has 0 atom stereocenters. The molecule has 0 unspecified atom stereocenters. The molecule has 108 valence electrons. The van der Waals surface area contributed by atoms with E-state index in [4.69, 9.17) is 0 Å². The van der Waals surface area contributed by atoms with Crippen molar-refractivity contribution < 1.29 is 9.59 Å². The van der Waals surface area contributed by atoms with E-state index in [1.165, 1.54) is 0 Å².